The predicted molar refractivity (Wildman–Crippen MR) is 68.5 cm³/mol. The van der Waals surface area contributed by atoms with Crippen LogP contribution < -0.4 is 0 Å². The minimum atomic E-state index is -0.896. The highest BCUT2D eigenvalue weighted by molar-refractivity contribution is 5.75. The van der Waals surface area contributed by atoms with Crippen molar-refractivity contribution in [2.75, 3.05) is 33.3 Å². The Morgan fingerprint density at radius 2 is 1.78 bits per heavy atom. The quantitative estimate of drug-likeness (QED) is 0.606. The number of carboxylic acid groups (broad SMARTS) is 1. The molecule has 0 aliphatic heterocycles. The monoisotopic (exact) mass is 260 g/mol. The standard InChI is InChI=1S/C12H24N2O4/c1-3-14(9-7-11(16)17)12(18)13(2)8-5-4-6-10-15/h15H,3-10H2,1-2H3,(H,16,17). The van der Waals surface area contributed by atoms with E-state index in [1.165, 1.54) is 4.90 Å². The molecule has 6 heteroatoms. The van der Waals surface area contributed by atoms with E-state index >= 15 is 0 Å². The van der Waals surface area contributed by atoms with Crippen LogP contribution in [-0.2, 0) is 4.79 Å². The smallest absolute Gasteiger partial charge is 0.319 e. The summed E-state index contributed by atoms with van der Waals surface area (Å²) in [6, 6.07) is -0.136. The van der Waals surface area contributed by atoms with Gasteiger partial charge in [0, 0.05) is 33.3 Å². The second-order valence-corrected chi connectivity index (χ2v) is 4.21. The third-order valence-electron chi connectivity index (χ3n) is 2.73. The van der Waals surface area contributed by atoms with Crippen molar-refractivity contribution >= 4 is 12.0 Å². The molecule has 0 radical (unpaired) electrons. The number of hydrogen-bond donors (Lipinski definition) is 2. The topological polar surface area (TPSA) is 81.1 Å². The lowest BCUT2D eigenvalue weighted by Crippen LogP contribution is -2.42. The average molecular weight is 260 g/mol. The third-order valence-corrected chi connectivity index (χ3v) is 2.73. The summed E-state index contributed by atoms with van der Waals surface area (Å²) >= 11 is 0. The van der Waals surface area contributed by atoms with Crippen LogP contribution in [0.2, 0.25) is 0 Å². The summed E-state index contributed by atoms with van der Waals surface area (Å²) in [5.74, 6) is -0.896. The van der Waals surface area contributed by atoms with Crippen LogP contribution in [0.15, 0.2) is 0 Å². The Morgan fingerprint density at radius 3 is 2.28 bits per heavy atom. The van der Waals surface area contributed by atoms with Gasteiger partial charge in [0.1, 0.15) is 0 Å². The minimum Gasteiger partial charge on any atom is -0.481 e. The number of nitrogens with zero attached hydrogens (tertiary/aromatic N) is 2. The van der Waals surface area contributed by atoms with Crippen molar-refractivity contribution in [1.29, 1.82) is 0 Å². The Bertz CT molecular complexity index is 258. The number of aliphatic hydroxyl groups is 1. The van der Waals surface area contributed by atoms with E-state index in [9.17, 15) is 9.59 Å². The van der Waals surface area contributed by atoms with Crippen molar-refractivity contribution in [3.8, 4) is 0 Å². The summed E-state index contributed by atoms with van der Waals surface area (Å²) in [4.78, 5) is 25.6. The molecule has 0 heterocycles. The number of amides is 2. The van der Waals surface area contributed by atoms with Crippen molar-refractivity contribution in [1.82, 2.24) is 9.80 Å². The molecule has 0 unspecified atom stereocenters. The van der Waals surface area contributed by atoms with Gasteiger partial charge in [-0.3, -0.25) is 4.79 Å². The lowest BCUT2D eigenvalue weighted by molar-refractivity contribution is -0.137. The van der Waals surface area contributed by atoms with Gasteiger partial charge in [0.25, 0.3) is 0 Å². The van der Waals surface area contributed by atoms with E-state index in [1.54, 1.807) is 11.9 Å². The summed E-state index contributed by atoms with van der Waals surface area (Å²) in [7, 11) is 1.71. The Morgan fingerprint density at radius 1 is 1.11 bits per heavy atom. The Kier molecular flexibility index (Phi) is 9.00. The lowest BCUT2D eigenvalue weighted by atomic mass is 10.2. The molecule has 6 nitrogen and oxygen atoms in total. The first-order chi connectivity index (χ1) is 8.52. The van der Waals surface area contributed by atoms with Crippen molar-refractivity contribution in [3.63, 3.8) is 0 Å². The van der Waals surface area contributed by atoms with E-state index in [0.717, 1.165) is 19.3 Å². The zero-order chi connectivity index (χ0) is 14.0. The second kappa shape index (κ2) is 9.70. The Balaban J connectivity index is 4.02. The Hall–Kier alpha value is -1.30. The molecule has 0 saturated heterocycles. The van der Waals surface area contributed by atoms with Crippen molar-refractivity contribution in [2.24, 2.45) is 0 Å². The normalized spacial score (nSPS) is 10.2. The third kappa shape index (κ3) is 7.11. The van der Waals surface area contributed by atoms with Crippen LogP contribution in [0.3, 0.4) is 0 Å². The molecule has 0 aromatic heterocycles. The number of urea groups is 1. The van der Waals surface area contributed by atoms with Crippen LogP contribution in [0.1, 0.15) is 32.6 Å². The van der Waals surface area contributed by atoms with Gasteiger partial charge in [-0.05, 0) is 26.2 Å². The SMILES string of the molecule is CCN(CCC(=O)O)C(=O)N(C)CCCCCO. The minimum absolute atomic E-state index is 0.0298. The van der Waals surface area contributed by atoms with Gasteiger partial charge in [0.2, 0.25) is 0 Å². The zero-order valence-corrected chi connectivity index (χ0v) is 11.3. The maximum Gasteiger partial charge on any atom is 0.319 e. The first-order valence-electron chi connectivity index (χ1n) is 6.35. The molecule has 0 aliphatic carbocycles. The fourth-order valence-corrected chi connectivity index (χ4v) is 1.59. The molecule has 0 aromatic carbocycles. The molecule has 0 aliphatic rings. The molecule has 0 atom stereocenters. The van der Waals surface area contributed by atoms with E-state index in [-0.39, 0.29) is 25.6 Å². The van der Waals surface area contributed by atoms with Gasteiger partial charge < -0.3 is 20.0 Å². The molecule has 0 spiro atoms. The summed E-state index contributed by atoms with van der Waals surface area (Å²) < 4.78 is 0. The van der Waals surface area contributed by atoms with Gasteiger partial charge in [-0.25, -0.2) is 4.79 Å². The molecular weight excluding hydrogens is 236 g/mol. The highest BCUT2D eigenvalue weighted by atomic mass is 16.4. The molecule has 2 amide bonds. The number of rotatable bonds is 9. The van der Waals surface area contributed by atoms with E-state index in [0.29, 0.717) is 13.1 Å². The fraction of sp³-hybridized carbons (Fsp3) is 0.833. The van der Waals surface area contributed by atoms with Crippen molar-refractivity contribution in [3.05, 3.63) is 0 Å². The first kappa shape index (κ1) is 16.7. The van der Waals surface area contributed by atoms with Crippen molar-refractivity contribution < 1.29 is 19.8 Å². The van der Waals surface area contributed by atoms with E-state index in [1.807, 2.05) is 6.92 Å². The molecule has 106 valence electrons. The molecular formula is C12H24N2O4. The molecule has 0 bridgehead atoms. The van der Waals surface area contributed by atoms with Crippen LogP contribution in [0.25, 0.3) is 0 Å². The predicted octanol–water partition coefficient (Wildman–Crippen LogP) is 0.997. The largest absolute Gasteiger partial charge is 0.481 e. The number of carbonyl (C=O) groups is 2. The number of carboxylic acids is 1. The number of hydrogen-bond acceptors (Lipinski definition) is 3. The summed E-state index contributed by atoms with van der Waals surface area (Å²) in [6.07, 6.45) is 2.45. The molecule has 0 saturated carbocycles. The molecule has 0 rings (SSSR count). The van der Waals surface area contributed by atoms with E-state index in [2.05, 4.69) is 0 Å². The van der Waals surface area contributed by atoms with Crippen molar-refractivity contribution in [2.45, 2.75) is 32.6 Å². The first-order valence-corrected chi connectivity index (χ1v) is 6.35. The summed E-state index contributed by atoms with van der Waals surface area (Å²) in [5, 5.41) is 17.2. The van der Waals surface area contributed by atoms with Gasteiger partial charge in [0.05, 0.1) is 6.42 Å². The number of unbranched alkanes of at least 4 members (excludes halogenated alkanes) is 2. The molecule has 2 N–H and O–H groups in total. The van der Waals surface area contributed by atoms with Gasteiger partial charge in [-0.1, -0.05) is 0 Å². The molecule has 18 heavy (non-hydrogen) atoms. The Labute approximate surface area is 108 Å². The number of aliphatic hydroxyl groups excluding tert-OH is 1. The zero-order valence-electron chi connectivity index (χ0n) is 11.3. The average Bonchev–Trinajstić information content (AvgIpc) is 2.34. The maximum atomic E-state index is 12.0. The lowest BCUT2D eigenvalue weighted by Gasteiger charge is -2.26. The van der Waals surface area contributed by atoms with Crippen LogP contribution >= 0.6 is 0 Å². The van der Waals surface area contributed by atoms with Crippen LogP contribution in [-0.4, -0.2) is 65.3 Å². The maximum absolute atomic E-state index is 12.0. The van der Waals surface area contributed by atoms with Crippen LogP contribution in [0.4, 0.5) is 4.79 Å². The highest BCUT2D eigenvalue weighted by Crippen LogP contribution is 2.02. The summed E-state index contributed by atoms with van der Waals surface area (Å²) in [5.41, 5.74) is 0. The van der Waals surface area contributed by atoms with Gasteiger partial charge in [-0.2, -0.15) is 0 Å². The summed E-state index contributed by atoms with van der Waals surface area (Å²) in [6.45, 7) is 3.39. The van der Waals surface area contributed by atoms with Gasteiger partial charge in [0.15, 0.2) is 0 Å². The highest BCUT2D eigenvalue weighted by Gasteiger charge is 2.16. The van der Waals surface area contributed by atoms with Gasteiger partial charge >= 0.3 is 12.0 Å². The van der Waals surface area contributed by atoms with Crippen LogP contribution in [0, 0.1) is 0 Å². The van der Waals surface area contributed by atoms with Crippen LogP contribution in [0.5, 0.6) is 0 Å². The second-order valence-electron chi connectivity index (χ2n) is 4.21. The number of carbonyl (C=O) groups excluding carboxylic acids is 1. The molecule has 0 aromatic rings. The van der Waals surface area contributed by atoms with E-state index in [4.69, 9.17) is 10.2 Å². The van der Waals surface area contributed by atoms with Gasteiger partial charge in [-0.15, -0.1) is 0 Å². The molecule has 0 fully saturated rings. The van der Waals surface area contributed by atoms with E-state index < -0.39 is 5.97 Å². The fourth-order valence-electron chi connectivity index (χ4n) is 1.59. The number of aliphatic carboxylic acids is 1.